The van der Waals surface area contributed by atoms with Gasteiger partial charge in [-0.3, -0.25) is 4.79 Å². The Bertz CT molecular complexity index is 156. The molecule has 0 aromatic heterocycles. The van der Waals surface area contributed by atoms with Crippen LogP contribution in [-0.2, 0) is 4.79 Å². The van der Waals surface area contributed by atoms with Crippen LogP contribution < -0.4 is 10.6 Å². The molecule has 0 spiro atoms. The highest BCUT2D eigenvalue weighted by atomic mass is 35.5. The number of halogens is 1. The monoisotopic (exact) mass is 206 g/mol. The summed E-state index contributed by atoms with van der Waals surface area (Å²) in [4.78, 5) is 11.2. The molecule has 1 aliphatic heterocycles. The van der Waals surface area contributed by atoms with Crippen molar-refractivity contribution in [2.75, 3.05) is 13.1 Å². The first-order valence-corrected chi connectivity index (χ1v) is 4.71. The van der Waals surface area contributed by atoms with Gasteiger partial charge in [-0.2, -0.15) is 0 Å². The Labute approximate surface area is 86.1 Å². The van der Waals surface area contributed by atoms with Gasteiger partial charge >= 0.3 is 0 Å². The van der Waals surface area contributed by atoms with Crippen LogP contribution in [0.4, 0.5) is 0 Å². The van der Waals surface area contributed by atoms with Crippen molar-refractivity contribution >= 4 is 18.3 Å². The van der Waals surface area contributed by atoms with Gasteiger partial charge in [0.2, 0.25) is 5.91 Å². The third kappa shape index (κ3) is 4.48. The zero-order valence-electron chi connectivity index (χ0n) is 8.30. The number of nitrogens with one attached hydrogen (secondary N) is 2. The Balaban J connectivity index is 0.00000144. The molecule has 0 aliphatic carbocycles. The molecule has 1 heterocycles. The van der Waals surface area contributed by atoms with Gasteiger partial charge in [-0.15, -0.1) is 12.4 Å². The van der Waals surface area contributed by atoms with Gasteiger partial charge in [-0.05, 0) is 19.4 Å². The fraction of sp³-hybridized carbons (Fsp3) is 0.889. The van der Waals surface area contributed by atoms with E-state index in [2.05, 4.69) is 10.6 Å². The molecule has 0 saturated carbocycles. The quantitative estimate of drug-likeness (QED) is 0.722. The average molecular weight is 207 g/mol. The maximum Gasteiger partial charge on any atom is 0.222 e. The molecule has 1 fully saturated rings. The predicted octanol–water partition coefficient (Wildman–Crippen LogP) is 0.932. The minimum Gasteiger partial charge on any atom is -0.354 e. The summed E-state index contributed by atoms with van der Waals surface area (Å²) in [6.45, 7) is 5.72. The average Bonchev–Trinajstić information content (AvgIpc) is 2.51. The molecular weight excluding hydrogens is 188 g/mol. The van der Waals surface area contributed by atoms with Crippen LogP contribution in [0.5, 0.6) is 0 Å². The Morgan fingerprint density at radius 2 is 2.31 bits per heavy atom. The molecule has 4 heteroatoms. The predicted molar refractivity (Wildman–Crippen MR) is 56.1 cm³/mol. The first-order valence-electron chi connectivity index (χ1n) is 4.71. The molecule has 1 aliphatic rings. The van der Waals surface area contributed by atoms with E-state index in [0.717, 1.165) is 13.1 Å². The zero-order chi connectivity index (χ0) is 8.97. The lowest BCUT2D eigenvalue weighted by molar-refractivity contribution is -0.124. The topological polar surface area (TPSA) is 41.1 Å². The third-order valence-corrected chi connectivity index (χ3v) is 2.21. The van der Waals surface area contributed by atoms with Crippen molar-refractivity contribution in [1.82, 2.24) is 10.6 Å². The zero-order valence-corrected chi connectivity index (χ0v) is 9.12. The van der Waals surface area contributed by atoms with E-state index in [0.29, 0.717) is 6.04 Å². The van der Waals surface area contributed by atoms with E-state index in [1.807, 2.05) is 13.8 Å². The van der Waals surface area contributed by atoms with Crippen molar-refractivity contribution in [3.05, 3.63) is 0 Å². The standard InChI is InChI=1S/C9H18N2O.ClH/c1-7(2)9(12)11-6-8-4-3-5-10-8;/h7-8,10H,3-6H2,1-2H3,(H,11,12);1H/t8-;/m1./s1. The SMILES string of the molecule is CC(C)C(=O)NC[C@H]1CCCN1.Cl. The van der Waals surface area contributed by atoms with E-state index in [1.165, 1.54) is 12.8 Å². The summed E-state index contributed by atoms with van der Waals surface area (Å²) in [7, 11) is 0. The van der Waals surface area contributed by atoms with Crippen molar-refractivity contribution < 1.29 is 4.79 Å². The van der Waals surface area contributed by atoms with Crippen LogP contribution in [0.25, 0.3) is 0 Å². The summed E-state index contributed by atoms with van der Waals surface area (Å²) in [5.41, 5.74) is 0. The Hall–Kier alpha value is -0.280. The molecule has 1 amide bonds. The summed E-state index contributed by atoms with van der Waals surface area (Å²) < 4.78 is 0. The Morgan fingerprint density at radius 1 is 1.62 bits per heavy atom. The summed E-state index contributed by atoms with van der Waals surface area (Å²) in [6, 6.07) is 0.507. The normalized spacial score (nSPS) is 21.3. The Kier molecular flexibility index (Phi) is 6.08. The largest absolute Gasteiger partial charge is 0.354 e. The van der Waals surface area contributed by atoms with Crippen LogP contribution in [0, 0.1) is 5.92 Å². The minimum absolute atomic E-state index is 0. The van der Waals surface area contributed by atoms with Crippen LogP contribution in [0.1, 0.15) is 26.7 Å². The van der Waals surface area contributed by atoms with Gasteiger partial charge in [-0.25, -0.2) is 0 Å². The fourth-order valence-corrected chi connectivity index (χ4v) is 1.36. The van der Waals surface area contributed by atoms with Gasteiger partial charge in [-0.1, -0.05) is 13.8 Å². The summed E-state index contributed by atoms with van der Waals surface area (Å²) in [6.07, 6.45) is 2.43. The van der Waals surface area contributed by atoms with E-state index in [9.17, 15) is 4.79 Å². The van der Waals surface area contributed by atoms with Gasteiger partial charge in [0, 0.05) is 18.5 Å². The van der Waals surface area contributed by atoms with Gasteiger partial charge in [0.1, 0.15) is 0 Å². The molecule has 1 saturated heterocycles. The maximum absolute atomic E-state index is 11.2. The number of amides is 1. The summed E-state index contributed by atoms with van der Waals surface area (Å²) >= 11 is 0. The molecule has 2 N–H and O–H groups in total. The molecule has 0 bridgehead atoms. The smallest absolute Gasteiger partial charge is 0.222 e. The number of carbonyl (C=O) groups excluding carboxylic acids is 1. The lowest BCUT2D eigenvalue weighted by Gasteiger charge is -2.12. The van der Waals surface area contributed by atoms with Crippen molar-refractivity contribution in [3.8, 4) is 0 Å². The minimum atomic E-state index is 0. The van der Waals surface area contributed by atoms with Gasteiger partial charge in [0.15, 0.2) is 0 Å². The van der Waals surface area contributed by atoms with Crippen LogP contribution in [0.15, 0.2) is 0 Å². The highest BCUT2D eigenvalue weighted by Gasteiger charge is 2.15. The molecular formula is C9H19ClN2O. The van der Waals surface area contributed by atoms with E-state index in [1.54, 1.807) is 0 Å². The van der Waals surface area contributed by atoms with Gasteiger partial charge in [0.05, 0.1) is 0 Å². The Morgan fingerprint density at radius 3 is 2.77 bits per heavy atom. The van der Waals surface area contributed by atoms with Crippen molar-refractivity contribution in [2.45, 2.75) is 32.7 Å². The second-order valence-electron chi connectivity index (χ2n) is 3.69. The fourth-order valence-electron chi connectivity index (χ4n) is 1.36. The van der Waals surface area contributed by atoms with Crippen molar-refractivity contribution in [2.24, 2.45) is 5.92 Å². The third-order valence-electron chi connectivity index (χ3n) is 2.21. The molecule has 13 heavy (non-hydrogen) atoms. The van der Waals surface area contributed by atoms with Crippen molar-refractivity contribution in [1.29, 1.82) is 0 Å². The summed E-state index contributed by atoms with van der Waals surface area (Å²) in [5, 5.41) is 6.26. The number of carbonyl (C=O) groups is 1. The number of rotatable bonds is 3. The first-order chi connectivity index (χ1) is 5.70. The molecule has 1 atom stereocenters. The molecule has 0 unspecified atom stereocenters. The molecule has 0 aromatic carbocycles. The summed E-state index contributed by atoms with van der Waals surface area (Å²) in [5.74, 6) is 0.259. The van der Waals surface area contributed by atoms with E-state index >= 15 is 0 Å². The highest BCUT2D eigenvalue weighted by molar-refractivity contribution is 5.85. The van der Waals surface area contributed by atoms with Crippen LogP contribution in [0.2, 0.25) is 0 Å². The molecule has 78 valence electrons. The molecule has 0 aromatic rings. The molecule has 1 rings (SSSR count). The van der Waals surface area contributed by atoms with E-state index < -0.39 is 0 Å². The molecule has 0 radical (unpaired) electrons. The van der Waals surface area contributed by atoms with Crippen molar-refractivity contribution in [3.63, 3.8) is 0 Å². The highest BCUT2D eigenvalue weighted by Crippen LogP contribution is 2.03. The number of hydrogen-bond acceptors (Lipinski definition) is 2. The van der Waals surface area contributed by atoms with Crippen LogP contribution in [0.3, 0.4) is 0 Å². The van der Waals surface area contributed by atoms with E-state index in [-0.39, 0.29) is 24.2 Å². The maximum atomic E-state index is 11.2. The first kappa shape index (κ1) is 12.7. The van der Waals surface area contributed by atoms with Gasteiger partial charge < -0.3 is 10.6 Å². The van der Waals surface area contributed by atoms with E-state index in [4.69, 9.17) is 0 Å². The van der Waals surface area contributed by atoms with Crippen LogP contribution >= 0.6 is 12.4 Å². The number of hydrogen-bond donors (Lipinski definition) is 2. The second-order valence-corrected chi connectivity index (χ2v) is 3.69. The second kappa shape index (κ2) is 6.22. The lowest BCUT2D eigenvalue weighted by Crippen LogP contribution is -2.38. The molecule has 3 nitrogen and oxygen atoms in total. The van der Waals surface area contributed by atoms with Crippen LogP contribution in [-0.4, -0.2) is 25.0 Å². The lowest BCUT2D eigenvalue weighted by atomic mass is 10.2. The van der Waals surface area contributed by atoms with Gasteiger partial charge in [0.25, 0.3) is 0 Å².